The lowest BCUT2D eigenvalue weighted by atomic mass is 10.3. The Labute approximate surface area is 87.0 Å². The molecule has 0 fully saturated rings. The molecule has 1 atom stereocenters. The van der Waals surface area contributed by atoms with Crippen LogP contribution in [0.1, 0.15) is 20.8 Å². The highest BCUT2D eigenvalue weighted by molar-refractivity contribution is 5.78. The van der Waals surface area contributed by atoms with E-state index in [1.54, 1.807) is 4.90 Å². The Balaban J connectivity index is 3.93. The summed E-state index contributed by atoms with van der Waals surface area (Å²) in [5.41, 5.74) is 5.64. The van der Waals surface area contributed by atoms with Crippen LogP contribution in [0, 0.1) is 0 Å². The summed E-state index contributed by atoms with van der Waals surface area (Å²) in [5.74, 6) is 0.142. The molecule has 0 aromatic heterocycles. The molecule has 2 N–H and O–H groups in total. The van der Waals surface area contributed by atoms with Crippen molar-refractivity contribution >= 4 is 5.91 Å². The normalized spacial score (nSPS) is 13.4. The van der Waals surface area contributed by atoms with Gasteiger partial charge in [-0.25, -0.2) is 0 Å². The lowest BCUT2D eigenvalue weighted by Gasteiger charge is -2.25. The van der Waals surface area contributed by atoms with Gasteiger partial charge in [0.25, 0.3) is 0 Å². The molecule has 1 amide bonds. The highest BCUT2D eigenvalue weighted by Gasteiger charge is 2.14. The molecule has 0 heterocycles. The van der Waals surface area contributed by atoms with Crippen molar-refractivity contribution in [2.75, 3.05) is 27.2 Å². The molecule has 0 aliphatic carbocycles. The number of rotatable bonds is 5. The maximum absolute atomic E-state index is 11.6. The van der Waals surface area contributed by atoms with Crippen molar-refractivity contribution < 1.29 is 4.79 Å². The Hall–Kier alpha value is -0.610. The fourth-order valence-electron chi connectivity index (χ4n) is 1.19. The number of hydrogen-bond acceptors (Lipinski definition) is 3. The molecule has 84 valence electrons. The van der Waals surface area contributed by atoms with E-state index in [0.29, 0.717) is 6.54 Å². The lowest BCUT2D eigenvalue weighted by molar-refractivity contribution is -0.132. The summed E-state index contributed by atoms with van der Waals surface area (Å²) in [6.45, 7) is 7.13. The van der Waals surface area contributed by atoms with Crippen LogP contribution in [0.3, 0.4) is 0 Å². The molecule has 4 heteroatoms. The summed E-state index contributed by atoms with van der Waals surface area (Å²) in [6.07, 6.45) is 0. The van der Waals surface area contributed by atoms with Gasteiger partial charge in [0.15, 0.2) is 0 Å². The van der Waals surface area contributed by atoms with Crippen molar-refractivity contribution in [1.82, 2.24) is 9.80 Å². The van der Waals surface area contributed by atoms with Crippen LogP contribution in [0.25, 0.3) is 0 Å². The fraction of sp³-hybridized carbons (Fsp3) is 0.900. The van der Waals surface area contributed by atoms with E-state index in [0.717, 1.165) is 6.54 Å². The van der Waals surface area contributed by atoms with Gasteiger partial charge in [-0.1, -0.05) is 0 Å². The number of carbonyl (C=O) groups excluding carboxylic acids is 1. The number of carbonyl (C=O) groups is 1. The molecule has 4 nitrogen and oxygen atoms in total. The first kappa shape index (κ1) is 13.4. The highest BCUT2D eigenvalue weighted by atomic mass is 16.2. The molecule has 0 aliphatic rings. The SMILES string of the molecule is CC(N)CN(C)CC(=O)N(C)C(C)C. The van der Waals surface area contributed by atoms with Crippen molar-refractivity contribution in [3.05, 3.63) is 0 Å². The van der Waals surface area contributed by atoms with E-state index in [-0.39, 0.29) is 18.0 Å². The van der Waals surface area contributed by atoms with Gasteiger partial charge in [-0.05, 0) is 27.8 Å². The average molecular weight is 201 g/mol. The second-order valence-electron chi connectivity index (χ2n) is 4.27. The lowest BCUT2D eigenvalue weighted by Crippen LogP contribution is -2.43. The maximum atomic E-state index is 11.6. The second kappa shape index (κ2) is 5.98. The van der Waals surface area contributed by atoms with Gasteiger partial charge in [0.1, 0.15) is 0 Å². The summed E-state index contributed by atoms with van der Waals surface area (Å²) in [4.78, 5) is 15.3. The van der Waals surface area contributed by atoms with E-state index in [9.17, 15) is 4.79 Å². The Kier molecular flexibility index (Phi) is 5.72. The molecular formula is C10H23N3O. The van der Waals surface area contributed by atoms with E-state index in [4.69, 9.17) is 5.73 Å². The molecule has 0 saturated heterocycles. The maximum Gasteiger partial charge on any atom is 0.236 e. The third kappa shape index (κ3) is 5.19. The minimum absolute atomic E-state index is 0.108. The van der Waals surface area contributed by atoms with Crippen LogP contribution < -0.4 is 5.73 Å². The molecule has 0 aromatic rings. The van der Waals surface area contributed by atoms with E-state index in [1.165, 1.54) is 0 Å². The van der Waals surface area contributed by atoms with Crippen LogP contribution in [0.4, 0.5) is 0 Å². The molecule has 0 bridgehead atoms. The topological polar surface area (TPSA) is 49.6 Å². The monoisotopic (exact) mass is 201 g/mol. The molecule has 0 aromatic carbocycles. The van der Waals surface area contributed by atoms with Crippen LogP contribution in [-0.2, 0) is 4.79 Å². The number of likely N-dealkylation sites (N-methyl/N-ethyl adjacent to an activating group) is 2. The molecule has 0 radical (unpaired) electrons. The zero-order chi connectivity index (χ0) is 11.3. The zero-order valence-corrected chi connectivity index (χ0v) is 9.95. The van der Waals surface area contributed by atoms with Crippen LogP contribution in [-0.4, -0.2) is 55.0 Å². The molecule has 0 aliphatic heterocycles. The Morgan fingerprint density at radius 2 is 1.79 bits per heavy atom. The van der Waals surface area contributed by atoms with E-state index < -0.39 is 0 Å². The van der Waals surface area contributed by atoms with Gasteiger partial charge in [0, 0.05) is 25.7 Å². The van der Waals surface area contributed by atoms with Crippen molar-refractivity contribution in [2.45, 2.75) is 32.9 Å². The van der Waals surface area contributed by atoms with Crippen molar-refractivity contribution in [1.29, 1.82) is 0 Å². The van der Waals surface area contributed by atoms with Crippen molar-refractivity contribution in [3.63, 3.8) is 0 Å². The van der Waals surface area contributed by atoms with E-state index in [2.05, 4.69) is 0 Å². The quantitative estimate of drug-likeness (QED) is 0.688. The molecule has 1 unspecified atom stereocenters. The van der Waals surface area contributed by atoms with E-state index in [1.807, 2.05) is 39.8 Å². The molecule has 0 rings (SSSR count). The third-order valence-corrected chi connectivity index (χ3v) is 2.17. The first-order chi connectivity index (χ1) is 6.34. The van der Waals surface area contributed by atoms with Gasteiger partial charge in [-0.3, -0.25) is 9.69 Å². The third-order valence-electron chi connectivity index (χ3n) is 2.17. The average Bonchev–Trinajstić information content (AvgIpc) is 2.00. The first-order valence-corrected chi connectivity index (χ1v) is 5.04. The van der Waals surface area contributed by atoms with Crippen LogP contribution in [0.2, 0.25) is 0 Å². The summed E-state index contributed by atoms with van der Waals surface area (Å²) < 4.78 is 0. The molecule has 14 heavy (non-hydrogen) atoms. The summed E-state index contributed by atoms with van der Waals surface area (Å²) in [7, 11) is 3.74. The molecule has 0 saturated carbocycles. The van der Waals surface area contributed by atoms with Gasteiger partial charge in [0.2, 0.25) is 5.91 Å². The van der Waals surface area contributed by atoms with Crippen molar-refractivity contribution in [2.24, 2.45) is 5.73 Å². The van der Waals surface area contributed by atoms with Crippen LogP contribution in [0.15, 0.2) is 0 Å². The van der Waals surface area contributed by atoms with Gasteiger partial charge in [-0.2, -0.15) is 0 Å². The zero-order valence-electron chi connectivity index (χ0n) is 9.95. The minimum atomic E-state index is 0.108. The predicted molar refractivity (Wildman–Crippen MR) is 59.1 cm³/mol. The fourth-order valence-corrected chi connectivity index (χ4v) is 1.19. The second-order valence-corrected chi connectivity index (χ2v) is 4.27. The first-order valence-electron chi connectivity index (χ1n) is 5.04. The highest BCUT2D eigenvalue weighted by Crippen LogP contribution is 1.96. The van der Waals surface area contributed by atoms with Gasteiger partial charge in [0.05, 0.1) is 6.54 Å². The smallest absolute Gasteiger partial charge is 0.236 e. The molecular weight excluding hydrogens is 178 g/mol. The summed E-state index contributed by atoms with van der Waals surface area (Å²) in [5, 5.41) is 0. The van der Waals surface area contributed by atoms with Crippen LogP contribution in [0.5, 0.6) is 0 Å². The van der Waals surface area contributed by atoms with Gasteiger partial charge in [-0.15, -0.1) is 0 Å². The Bertz CT molecular complexity index is 180. The van der Waals surface area contributed by atoms with Crippen LogP contribution >= 0.6 is 0 Å². The standard InChI is InChI=1S/C10H23N3O/c1-8(2)13(5)10(14)7-12(4)6-9(3)11/h8-9H,6-7,11H2,1-5H3. The molecule has 0 spiro atoms. The summed E-state index contributed by atoms with van der Waals surface area (Å²) >= 11 is 0. The number of amides is 1. The Morgan fingerprint density at radius 1 is 1.29 bits per heavy atom. The van der Waals surface area contributed by atoms with Crippen molar-refractivity contribution in [3.8, 4) is 0 Å². The summed E-state index contributed by atoms with van der Waals surface area (Å²) in [6, 6.07) is 0.364. The minimum Gasteiger partial charge on any atom is -0.342 e. The predicted octanol–water partition coefficient (Wildman–Crippen LogP) is 0.132. The van der Waals surface area contributed by atoms with Gasteiger partial charge >= 0.3 is 0 Å². The van der Waals surface area contributed by atoms with Gasteiger partial charge < -0.3 is 10.6 Å². The number of hydrogen-bond donors (Lipinski definition) is 1. The Morgan fingerprint density at radius 3 is 2.14 bits per heavy atom. The largest absolute Gasteiger partial charge is 0.342 e. The number of nitrogens with two attached hydrogens (primary N) is 1. The number of nitrogens with zero attached hydrogens (tertiary/aromatic N) is 2. The van der Waals surface area contributed by atoms with E-state index >= 15 is 0 Å².